The van der Waals surface area contributed by atoms with Crippen molar-refractivity contribution in [3.8, 4) is 34.2 Å². The maximum Gasteiger partial charge on any atom is 0.203 e. The maximum atomic E-state index is 5.50. The molecule has 25 heavy (non-hydrogen) atoms. The molecule has 0 bridgehead atoms. The molecule has 0 N–H and O–H groups in total. The Kier molecular flexibility index (Phi) is 4.70. The molecule has 0 saturated carbocycles. The fourth-order valence-corrected chi connectivity index (χ4v) is 3.10. The molecule has 0 aliphatic heterocycles. The number of aromatic nitrogens is 1. The smallest absolute Gasteiger partial charge is 0.203 e. The lowest BCUT2D eigenvalue weighted by Crippen LogP contribution is -2.01. The van der Waals surface area contributed by atoms with Crippen LogP contribution < -0.4 is 14.2 Å². The van der Waals surface area contributed by atoms with Crippen molar-refractivity contribution in [3.05, 3.63) is 59.8 Å². The average molecular weight is 337 g/mol. The zero-order chi connectivity index (χ0) is 18.0. The summed E-state index contributed by atoms with van der Waals surface area (Å²) in [5, 5.41) is 0. The number of ether oxygens (including phenoxy) is 3. The summed E-state index contributed by atoms with van der Waals surface area (Å²) in [6.07, 6.45) is 0. The first-order valence-electron chi connectivity index (χ1n) is 8.14. The second kappa shape index (κ2) is 6.93. The number of benzene rings is 2. The summed E-state index contributed by atoms with van der Waals surface area (Å²) >= 11 is 0. The number of methoxy groups -OCH3 is 3. The van der Waals surface area contributed by atoms with Crippen molar-refractivity contribution in [2.75, 3.05) is 21.3 Å². The summed E-state index contributed by atoms with van der Waals surface area (Å²) in [6, 6.07) is 16.6. The van der Waals surface area contributed by atoms with Gasteiger partial charge in [-0.25, -0.2) is 0 Å². The Morgan fingerprint density at radius 1 is 0.760 bits per heavy atom. The first-order chi connectivity index (χ1) is 12.1. The van der Waals surface area contributed by atoms with Crippen LogP contribution in [0, 0.1) is 13.8 Å². The Morgan fingerprint density at radius 3 is 2.00 bits per heavy atom. The van der Waals surface area contributed by atoms with Crippen molar-refractivity contribution in [2.45, 2.75) is 13.8 Å². The molecule has 0 aliphatic carbocycles. The van der Waals surface area contributed by atoms with Gasteiger partial charge in [0.05, 0.1) is 27.0 Å². The van der Waals surface area contributed by atoms with Gasteiger partial charge in [-0.2, -0.15) is 0 Å². The highest BCUT2D eigenvalue weighted by atomic mass is 16.5. The second-order valence-corrected chi connectivity index (χ2v) is 5.95. The molecule has 4 nitrogen and oxygen atoms in total. The van der Waals surface area contributed by atoms with Crippen LogP contribution in [-0.2, 0) is 0 Å². The van der Waals surface area contributed by atoms with Crippen LogP contribution in [0.5, 0.6) is 17.2 Å². The molecule has 0 saturated heterocycles. The third kappa shape index (κ3) is 3.07. The summed E-state index contributed by atoms with van der Waals surface area (Å²) in [7, 11) is 4.87. The highest BCUT2D eigenvalue weighted by molar-refractivity contribution is 5.71. The van der Waals surface area contributed by atoms with Crippen LogP contribution in [0.4, 0.5) is 0 Å². The fraction of sp³-hybridized carbons (Fsp3) is 0.238. The summed E-state index contributed by atoms with van der Waals surface area (Å²) in [6.45, 7) is 4.20. The first-order valence-corrected chi connectivity index (χ1v) is 8.14. The minimum absolute atomic E-state index is 0.596. The van der Waals surface area contributed by atoms with Crippen molar-refractivity contribution >= 4 is 0 Å². The molecule has 3 aromatic rings. The topological polar surface area (TPSA) is 32.6 Å². The normalized spacial score (nSPS) is 10.6. The molecular weight excluding hydrogens is 314 g/mol. The van der Waals surface area contributed by atoms with Gasteiger partial charge in [0, 0.05) is 16.9 Å². The maximum absolute atomic E-state index is 5.50. The molecule has 2 aromatic carbocycles. The van der Waals surface area contributed by atoms with Crippen molar-refractivity contribution in [3.63, 3.8) is 0 Å². The van der Waals surface area contributed by atoms with E-state index in [0.717, 1.165) is 22.6 Å². The van der Waals surface area contributed by atoms with Gasteiger partial charge in [0.15, 0.2) is 11.5 Å². The van der Waals surface area contributed by atoms with Gasteiger partial charge in [0.1, 0.15) is 0 Å². The van der Waals surface area contributed by atoms with Crippen molar-refractivity contribution in [2.24, 2.45) is 0 Å². The Balaban J connectivity index is 2.22. The van der Waals surface area contributed by atoms with E-state index in [0.29, 0.717) is 17.2 Å². The Morgan fingerprint density at radius 2 is 1.44 bits per heavy atom. The van der Waals surface area contributed by atoms with E-state index in [-0.39, 0.29) is 0 Å². The molecule has 0 atom stereocenters. The molecule has 0 amide bonds. The molecular formula is C21H23NO3. The van der Waals surface area contributed by atoms with Gasteiger partial charge in [-0.3, -0.25) is 0 Å². The van der Waals surface area contributed by atoms with Crippen LogP contribution >= 0.6 is 0 Å². The number of rotatable bonds is 5. The highest BCUT2D eigenvalue weighted by Gasteiger charge is 2.17. The summed E-state index contributed by atoms with van der Waals surface area (Å²) < 4.78 is 18.7. The number of hydrogen-bond donors (Lipinski definition) is 0. The van der Waals surface area contributed by atoms with Crippen LogP contribution in [0.1, 0.15) is 11.3 Å². The Hall–Kier alpha value is -2.88. The molecule has 0 radical (unpaired) electrons. The Bertz CT molecular complexity index is 871. The standard InChI is InChI=1S/C21H23NO3/c1-14-7-6-8-17(11-14)22-15(2)9-10-18(22)16-12-19(23-3)21(25-5)20(13-16)24-4/h6-13H,1-5H3. The summed E-state index contributed by atoms with van der Waals surface area (Å²) in [5.41, 5.74) is 5.59. The summed E-state index contributed by atoms with van der Waals surface area (Å²) in [5.74, 6) is 1.89. The molecule has 130 valence electrons. The second-order valence-electron chi connectivity index (χ2n) is 5.95. The molecule has 0 spiro atoms. The van der Waals surface area contributed by atoms with Crippen LogP contribution in [0.15, 0.2) is 48.5 Å². The largest absolute Gasteiger partial charge is 0.493 e. The third-order valence-corrected chi connectivity index (χ3v) is 4.30. The van der Waals surface area contributed by atoms with Gasteiger partial charge >= 0.3 is 0 Å². The summed E-state index contributed by atoms with van der Waals surface area (Å²) in [4.78, 5) is 0. The molecule has 0 fully saturated rings. The first kappa shape index (κ1) is 17.0. The molecule has 1 aromatic heterocycles. The molecule has 3 rings (SSSR count). The van der Waals surface area contributed by atoms with Crippen molar-refractivity contribution in [1.82, 2.24) is 4.57 Å². The van der Waals surface area contributed by atoms with E-state index >= 15 is 0 Å². The van der Waals surface area contributed by atoms with E-state index in [9.17, 15) is 0 Å². The zero-order valence-corrected chi connectivity index (χ0v) is 15.3. The van der Waals surface area contributed by atoms with Crippen LogP contribution in [0.25, 0.3) is 16.9 Å². The number of nitrogens with zero attached hydrogens (tertiary/aromatic N) is 1. The van der Waals surface area contributed by atoms with Crippen LogP contribution in [0.3, 0.4) is 0 Å². The van der Waals surface area contributed by atoms with E-state index in [1.807, 2.05) is 12.1 Å². The lowest BCUT2D eigenvalue weighted by Gasteiger charge is -2.16. The number of hydrogen-bond acceptors (Lipinski definition) is 3. The van der Waals surface area contributed by atoms with E-state index in [1.165, 1.54) is 5.56 Å². The molecule has 0 unspecified atom stereocenters. The quantitative estimate of drug-likeness (QED) is 0.671. The zero-order valence-electron chi connectivity index (χ0n) is 15.3. The van der Waals surface area contributed by atoms with E-state index in [4.69, 9.17) is 14.2 Å². The van der Waals surface area contributed by atoms with Gasteiger partial charge in [0.2, 0.25) is 5.75 Å². The minimum Gasteiger partial charge on any atom is -0.493 e. The molecule has 1 heterocycles. The van der Waals surface area contributed by atoms with Gasteiger partial charge in [-0.1, -0.05) is 12.1 Å². The van der Waals surface area contributed by atoms with Crippen molar-refractivity contribution < 1.29 is 14.2 Å². The number of aryl methyl sites for hydroxylation is 2. The van der Waals surface area contributed by atoms with Gasteiger partial charge in [-0.15, -0.1) is 0 Å². The monoisotopic (exact) mass is 337 g/mol. The SMILES string of the molecule is COc1cc(-c2ccc(C)n2-c2cccc(C)c2)cc(OC)c1OC. The highest BCUT2D eigenvalue weighted by Crippen LogP contribution is 2.42. The molecule has 0 aliphatic rings. The fourth-order valence-electron chi connectivity index (χ4n) is 3.10. The Labute approximate surface area is 148 Å². The lowest BCUT2D eigenvalue weighted by atomic mass is 10.1. The average Bonchev–Trinajstić information content (AvgIpc) is 3.01. The predicted octanol–water partition coefficient (Wildman–Crippen LogP) is 4.79. The minimum atomic E-state index is 0.596. The van der Waals surface area contributed by atoms with E-state index < -0.39 is 0 Å². The van der Waals surface area contributed by atoms with Crippen LogP contribution in [-0.4, -0.2) is 25.9 Å². The lowest BCUT2D eigenvalue weighted by molar-refractivity contribution is 0.324. The van der Waals surface area contributed by atoms with Crippen LogP contribution in [0.2, 0.25) is 0 Å². The van der Waals surface area contributed by atoms with E-state index in [2.05, 4.69) is 54.8 Å². The van der Waals surface area contributed by atoms with Gasteiger partial charge < -0.3 is 18.8 Å². The molecule has 4 heteroatoms. The predicted molar refractivity (Wildman–Crippen MR) is 100 cm³/mol. The van der Waals surface area contributed by atoms with Gasteiger partial charge in [0.25, 0.3) is 0 Å². The van der Waals surface area contributed by atoms with Crippen molar-refractivity contribution in [1.29, 1.82) is 0 Å². The van der Waals surface area contributed by atoms with E-state index in [1.54, 1.807) is 21.3 Å². The van der Waals surface area contributed by atoms with Gasteiger partial charge in [-0.05, 0) is 55.8 Å². The third-order valence-electron chi connectivity index (χ3n) is 4.30.